The molecule has 3 rings (SSSR count). The number of ether oxygens (including phenoxy) is 1. The van der Waals surface area contributed by atoms with Crippen LogP contribution in [0.2, 0.25) is 0 Å². The summed E-state index contributed by atoms with van der Waals surface area (Å²) >= 11 is 3.47. The Hall–Kier alpha value is -0.780. The summed E-state index contributed by atoms with van der Waals surface area (Å²) in [6.45, 7) is 0.551. The summed E-state index contributed by atoms with van der Waals surface area (Å²) in [6.07, 6.45) is 6.09. The van der Waals surface area contributed by atoms with Crippen LogP contribution in [0.25, 0.3) is 0 Å². The number of carbonyl (C=O) groups excluding carboxylic acids is 1. The van der Waals surface area contributed by atoms with E-state index < -0.39 is 0 Å². The van der Waals surface area contributed by atoms with Crippen molar-refractivity contribution in [3.05, 3.63) is 28.2 Å². The van der Waals surface area contributed by atoms with E-state index >= 15 is 0 Å². The predicted molar refractivity (Wildman–Crippen MR) is 97.1 cm³/mol. The fraction of sp³-hybridized carbons (Fsp3) is 0.588. The maximum Gasteiger partial charge on any atom is 0.237 e. The summed E-state index contributed by atoms with van der Waals surface area (Å²) < 4.78 is 6.13. The average Bonchev–Trinajstić information content (AvgIpc) is 2.97. The summed E-state index contributed by atoms with van der Waals surface area (Å²) in [7, 11) is 1.65. The molecule has 0 bridgehead atoms. The van der Waals surface area contributed by atoms with E-state index in [2.05, 4.69) is 26.6 Å². The zero-order valence-electron chi connectivity index (χ0n) is 13.3. The number of methoxy groups -OCH3 is 1. The van der Waals surface area contributed by atoms with Crippen molar-refractivity contribution in [1.29, 1.82) is 0 Å². The first-order valence-corrected chi connectivity index (χ1v) is 8.83. The Kier molecular flexibility index (Phi) is 6.74. The monoisotopic (exact) mass is 402 g/mol. The molecule has 0 aromatic heterocycles. The molecule has 3 atom stereocenters. The van der Waals surface area contributed by atoms with Crippen molar-refractivity contribution >= 4 is 34.2 Å². The smallest absolute Gasteiger partial charge is 0.237 e. The molecule has 1 aromatic rings. The summed E-state index contributed by atoms with van der Waals surface area (Å²) in [4.78, 5) is 12.4. The molecule has 1 aliphatic carbocycles. The number of rotatable bonds is 4. The number of hydrogen-bond donors (Lipinski definition) is 2. The third-order valence-corrected chi connectivity index (χ3v) is 5.48. The first-order chi connectivity index (χ1) is 10.7. The van der Waals surface area contributed by atoms with Crippen LogP contribution in [0, 0.1) is 5.92 Å². The van der Waals surface area contributed by atoms with Crippen molar-refractivity contribution in [3.63, 3.8) is 0 Å². The number of amides is 1. The van der Waals surface area contributed by atoms with Gasteiger partial charge in [0.25, 0.3) is 0 Å². The predicted octanol–water partition coefficient (Wildman–Crippen LogP) is 3.42. The van der Waals surface area contributed by atoms with Gasteiger partial charge in [0.15, 0.2) is 0 Å². The van der Waals surface area contributed by atoms with Gasteiger partial charge in [0.05, 0.1) is 17.6 Å². The van der Waals surface area contributed by atoms with Crippen LogP contribution in [0.1, 0.15) is 37.7 Å². The van der Waals surface area contributed by atoms with Gasteiger partial charge in [-0.15, -0.1) is 12.4 Å². The normalized spacial score (nSPS) is 26.1. The molecule has 2 aliphatic rings. The van der Waals surface area contributed by atoms with Crippen LogP contribution >= 0.6 is 28.3 Å². The fourth-order valence-electron chi connectivity index (χ4n) is 3.65. The van der Waals surface area contributed by atoms with Crippen LogP contribution in [0.5, 0.6) is 5.75 Å². The standard InChI is InChI=1S/C17H23BrN2O2.ClH/c1-22-16-7-6-11(8-13(16)18)10-19-17(21)15-9-12-4-2-3-5-14(12)20-15;/h6-8,12,14-15,20H,2-5,9-10H2,1H3,(H,19,21);1H. The minimum absolute atomic E-state index is 0. The van der Waals surface area contributed by atoms with Gasteiger partial charge in [-0.2, -0.15) is 0 Å². The van der Waals surface area contributed by atoms with Gasteiger partial charge in [0.1, 0.15) is 5.75 Å². The quantitative estimate of drug-likeness (QED) is 0.810. The van der Waals surface area contributed by atoms with E-state index in [1.807, 2.05) is 18.2 Å². The molecule has 4 nitrogen and oxygen atoms in total. The SMILES string of the molecule is COc1ccc(CNC(=O)C2CC3CCCCC3N2)cc1Br.Cl. The number of fused-ring (bicyclic) bond motifs is 1. The van der Waals surface area contributed by atoms with Crippen molar-refractivity contribution in [1.82, 2.24) is 10.6 Å². The number of hydrogen-bond acceptors (Lipinski definition) is 3. The van der Waals surface area contributed by atoms with E-state index in [-0.39, 0.29) is 24.4 Å². The molecule has 1 aromatic carbocycles. The number of benzene rings is 1. The summed E-state index contributed by atoms with van der Waals surface area (Å²) in [5, 5.41) is 6.57. The Labute approximate surface area is 152 Å². The first kappa shape index (κ1) is 18.6. The van der Waals surface area contributed by atoms with Crippen molar-refractivity contribution in [2.75, 3.05) is 7.11 Å². The molecule has 0 spiro atoms. The Balaban J connectivity index is 0.00000192. The molecule has 2 N–H and O–H groups in total. The summed E-state index contributed by atoms with van der Waals surface area (Å²) in [6, 6.07) is 6.41. The zero-order chi connectivity index (χ0) is 15.5. The minimum atomic E-state index is -0.0187. The minimum Gasteiger partial charge on any atom is -0.496 e. The van der Waals surface area contributed by atoms with E-state index in [4.69, 9.17) is 4.74 Å². The lowest BCUT2D eigenvalue weighted by molar-refractivity contribution is -0.123. The van der Waals surface area contributed by atoms with E-state index in [1.54, 1.807) is 7.11 Å². The maximum atomic E-state index is 12.4. The van der Waals surface area contributed by atoms with Crippen LogP contribution in [-0.4, -0.2) is 25.1 Å². The Morgan fingerprint density at radius 1 is 1.39 bits per heavy atom. The van der Waals surface area contributed by atoms with Crippen LogP contribution in [-0.2, 0) is 11.3 Å². The maximum absolute atomic E-state index is 12.4. The number of halogens is 2. The highest BCUT2D eigenvalue weighted by molar-refractivity contribution is 9.10. The lowest BCUT2D eigenvalue weighted by atomic mass is 9.85. The molecule has 23 heavy (non-hydrogen) atoms. The van der Waals surface area contributed by atoms with Crippen molar-refractivity contribution in [3.8, 4) is 5.75 Å². The highest BCUT2D eigenvalue weighted by Gasteiger charge is 2.37. The van der Waals surface area contributed by atoms with Gasteiger partial charge < -0.3 is 15.4 Å². The largest absolute Gasteiger partial charge is 0.496 e. The molecular formula is C17H24BrClN2O2. The molecular weight excluding hydrogens is 380 g/mol. The van der Waals surface area contributed by atoms with Gasteiger partial charge in [0.2, 0.25) is 5.91 Å². The third-order valence-electron chi connectivity index (χ3n) is 4.86. The summed E-state index contributed by atoms with van der Waals surface area (Å²) in [5.74, 6) is 1.62. The van der Waals surface area contributed by atoms with Gasteiger partial charge in [-0.1, -0.05) is 18.9 Å². The molecule has 1 amide bonds. The molecule has 2 fully saturated rings. The highest BCUT2D eigenvalue weighted by atomic mass is 79.9. The Morgan fingerprint density at radius 2 is 2.17 bits per heavy atom. The van der Waals surface area contributed by atoms with Crippen molar-refractivity contribution in [2.45, 2.75) is 50.7 Å². The molecule has 1 saturated heterocycles. The molecule has 0 radical (unpaired) electrons. The second kappa shape index (κ2) is 8.36. The third kappa shape index (κ3) is 4.40. The van der Waals surface area contributed by atoms with Crippen LogP contribution in [0.4, 0.5) is 0 Å². The van der Waals surface area contributed by atoms with Gasteiger partial charge in [0, 0.05) is 12.6 Å². The molecule has 3 unspecified atom stereocenters. The fourth-order valence-corrected chi connectivity index (χ4v) is 4.24. The zero-order valence-corrected chi connectivity index (χ0v) is 15.7. The van der Waals surface area contributed by atoms with E-state index in [0.717, 1.165) is 22.2 Å². The topological polar surface area (TPSA) is 50.4 Å². The van der Waals surface area contributed by atoms with Gasteiger partial charge >= 0.3 is 0 Å². The van der Waals surface area contributed by atoms with Crippen molar-refractivity contribution in [2.24, 2.45) is 5.92 Å². The average molecular weight is 404 g/mol. The lowest BCUT2D eigenvalue weighted by Crippen LogP contribution is -2.42. The first-order valence-electron chi connectivity index (χ1n) is 8.03. The van der Waals surface area contributed by atoms with Crippen LogP contribution < -0.4 is 15.4 Å². The van der Waals surface area contributed by atoms with Crippen LogP contribution in [0.3, 0.4) is 0 Å². The van der Waals surface area contributed by atoms with E-state index in [1.165, 1.54) is 25.7 Å². The van der Waals surface area contributed by atoms with Crippen LogP contribution in [0.15, 0.2) is 22.7 Å². The number of carbonyl (C=O) groups is 1. The molecule has 1 heterocycles. The molecule has 6 heteroatoms. The van der Waals surface area contributed by atoms with Gasteiger partial charge in [-0.05, 0) is 58.8 Å². The number of nitrogens with one attached hydrogen (secondary N) is 2. The Bertz CT molecular complexity index is 541. The van der Waals surface area contributed by atoms with E-state index in [0.29, 0.717) is 18.5 Å². The molecule has 128 valence electrons. The molecule has 1 aliphatic heterocycles. The van der Waals surface area contributed by atoms with Gasteiger partial charge in [-0.25, -0.2) is 0 Å². The molecule has 1 saturated carbocycles. The second-order valence-corrected chi connectivity index (χ2v) is 7.15. The second-order valence-electron chi connectivity index (χ2n) is 6.29. The Morgan fingerprint density at radius 3 is 2.87 bits per heavy atom. The summed E-state index contributed by atoms with van der Waals surface area (Å²) in [5.41, 5.74) is 1.07. The van der Waals surface area contributed by atoms with Gasteiger partial charge in [-0.3, -0.25) is 4.79 Å². The van der Waals surface area contributed by atoms with Crippen molar-refractivity contribution < 1.29 is 9.53 Å². The lowest BCUT2D eigenvalue weighted by Gasteiger charge is -2.24. The highest BCUT2D eigenvalue weighted by Crippen LogP contribution is 2.33. The van der Waals surface area contributed by atoms with E-state index in [9.17, 15) is 4.79 Å².